The zero-order valence-electron chi connectivity index (χ0n) is 20.6. The van der Waals surface area contributed by atoms with Crippen molar-refractivity contribution in [2.24, 2.45) is 0 Å². The van der Waals surface area contributed by atoms with Crippen LogP contribution >= 0.6 is 0 Å². The van der Waals surface area contributed by atoms with Gasteiger partial charge in [0, 0.05) is 24.8 Å². The number of rotatable bonds is 4. The molecule has 1 fully saturated rings. The Morgan fingerprint density at radius 2 is 1.97 bits per heavy atom. The van der Waals surface area contributed by atoms with Crippen molar-refractivity contribution in [3.63, 3.8) is 0 Å². The average Bonchev–Trinajstić information content (AvgIpc) is 3.35. The molecule has 0 atom stereocenters. The summed E-state index contributed by atoms with van der Waals surface area (Å²) in [6, 6.07) is 4.21. The molecule has 34 heavy (non-hydrogen) atoms. The van der Waals surface area contributed by atoms with Crippen LogP contribution in [0, 0.1) is 18.3 Å². The molecule has 0 unspecified atom stereocenters. The van der Waals surface area contributed by atoms with Crippen LogP contribution in [-0.2, 0) is 4.74 Å². The van der Waals surface area contributed by atoms with E-state index in [-0.39, 0.29) is 18.2 Å². The summed E-state index contributed by atoms with van der Waals surface area (Å²) < 4.78 is 15.1. The summed E-state index contributed by atoms with van der Waals surface area (Å²) in [7, 11) is 0. The van der Waals surface area contributed by atoms with Crippen LogP contribution < -0.4 is 4.74 Å². The number of aromatic nitrogens is 5. The van der Waals surface area contributed by atoms with E-state index in [1.165, 1.54) is 6.20 Å². The fourth-order valence-electron chi connectivity index (χ4n) is 4.21. The summed E-state index contributed by atoms with van der Waals surface area (Å²) >= 11 is 0. The monoisotopic (exact) mass is 465 g/mol. The number of carbonyl (C=O) groups is 1. The lowest BCUT2D eigenvalue weighted by molar-refractivity contribution is 0.0184. The van der Waals surface area contributed by atoms with Crippen LogP contribution in [0.25, 0.3) is 16.8 Å². The molecule has 180 valence electrons. The molecule has 0 bridgehead atoms. The first kappa shape index (κ1) is 23.5. The minimum atomic E-state index is -0.507. The molecule has 1 aliphatic rings. The summed E-state index contributed by atoms with van der Waals surface area (Å²) in [4.78, 5) is 14.1. The molecule has 0 saturated carbocycles. The zero-order chi connectivity index (χ0) is 24.6. The SMILES string of the molecule is Cc1c(-c2cc(OC(C)C)c3c(C#N)cnn3c2)nnn1C1CCN(C(=O)OC(C)(C)C)CC1. The maximum Gasteiger partial charge on any atom is 0.410 e. The Bertz CT molecular complexity index is 1240. The number of amides is 1. The first-order valence-electron chi connectivity index (χ1n) is 11.6. The summed E-state index contributed by atoms with van der Waals surface area (Å²) in [5.41, 5.74) is 3.06. The van der Waals surface area contributed by atoms with Crippen LogP contribution in [0.2, 0.25) is 0 Å². The van der Waals surface area contributed by atoms with Crippen molar-refractivity contribution < 1.29 is 14.3 Å². The Morgan fingerprint density at radius 1 is 1.26 bits per heavy atom. The minimum absolute atomic E-state index is 0.0626. The lowest BCUT2D eigenvalue weighted by Gasteiger charge is -2.33. The average molecular weight is 466 g/mol. The first-order valence-corrected chi connectivity index (χ1v) is 11.6. The Kier molecular flexibility index (Phi) is 6.21. The molecule has 0 aromatic carbocycles. The van der Waals surface area contributed by atoms with Crippen molar-refractivity contribution in [3.8, 4) is 23.1 Å². The quantitative estimate of drug-likeness (QED) is 0.569. The van der Waals surface area contributed by atoms with E-state index in [0.717, 1.165) is 29.8 Å². The van der Waals surface area contributed by atoms with E-state index in [4.69, 9.17) is 9.47 Å². The van der Waals surface area contributed by atoms with Gasteiger partial charge in [0.1, 0.15) is 34.2 Å². The Hall–Kier alpha value is -3.61. The van der Waals surface area contributed by atoms with Gasteiger partial charge in [0.05, 0.1) is 24.0 Å². The van der Waals surface area contributed by atoms with Gasteiger partial charge in [-0.15, -0.1) is 5.10 Å². The van der Waals surface area contributed by atoms with Gasteiger partial charge in [0.2, 0.25) is 0 Å². The summed E-state index contributed by atoms with van der Waals surface area (Å²) in [6.07, 6.45) is 4.59. The number of nitriles is 1. The van der Waals surface area contributed by atoms with Gasteiger partial charge in [-0.3, -0.25) is 0 Å². The molecule has 10 nitrogen and oxygen atoms in total. The van der Waals surface area contributed by atoms with Crippen LogP contribution in [-0.4, -0.2) is 60.4 Å². The van der Waals surface area contributed by atoms with E-state index in [0.29, 0.717) is 29.9 Å². The third-order valence-electron chi connectivity index (χ3n) is 5.72. The number of hydrogen-bond donors (Lipinski definition) is 0. The van der Waals surface area contributed by atoms with Crippen LogP contribution in [0.5, 0.6) is 5.75 Å². The Morgan fingerprint density at radius 3 is 2.59 bits per heavy atom. The van der Waals surface area contributed by atoms with Crippen molar-refractivity contribution in [2.45, 2.75) is 72.1 Å². The molecule has 0 spiro atoms. The van der Waals surface area contributed by atoms with Crippen molar-refractivity contribution in [1.82, 2.24) is 29.5 Å². The molecule has 1 saturated heterocycles. The van der Waals surface area contributed by atoms with Gasteiger partial charge in [0.15, 0.2) is 0 Å². The van der Waals surface area contributed by atoms with E-state index in [1.807, 2.05) is 58.5 Å². The van der Waals surface area contributed by atoms with Crippen molar-refractivity contribution in [3.05, 3.63) is 29.7 Å². The van der Waals surface area contributed by atoms with Crippen LogP contribution in [0.1, 0.15) is 64.8 Å². The van der Waals surface area contributed by atoms with E-state index in [1.54, 1.807) is 9.42 Å². The molecule has 0 radical (unpaired) electrons. The normalized spacial score (nSPS) is 15.1. The predicted molar refractivity (Wildman–Crippen MR) is 126 cm³/mol. The number of carbonyl (C=O) groups excluding carboxylic acids is 1. The first-order chi connectivity index (χ1) is 16.1. The fraction of sp³-hybridized carbons (Fsp3) is 0.542. The van der Waals surface area contributed by atoms with Gasteiger partial charge in [-0.1, -0.05) is 5.21 Å². The molecular weight excluding hydrogens is 434 g/mol. The van der Waals surface area contributed by atoms with Gasteiger partial charge >= 0.3 is 6.09 Å². The number of fused-ring (bicyclic) bond motifs is 1. The molecule has 3 aromatic heterocycles. The minimum Gasteiger partial charge on any atom is -0.489 e. The van der Waals surface area contributed by atoms with Crippen LogP contribution in [0.15, 0.2) is 18.5 Å². The fourth-order valence-corrected chi connectivity index (χ4v) is 4.21. The van der Waals surface area contributed by atoms with Crippen molar-refractivity contribution in [2.75, 3.05) is 13.1 Å². The van der Waals surface area contributed by atoms with E-state index in [9.17, 15) is 10.1 Å². The molecule has 10 heteroatoms. The number of likely N-dealkylation sites (tertiary alicyclic amines) is 1. The molecule has 0 N–H and O–H groups in total. The number of pyridine rings is 1. The predicted octanol–water partition coefficient (Wildman–Crippen LogP) is 4.13. The molecule has 1 amide bonds. The summed E-state index contributed by atoms with van der Waals surface area (Å²) in [5.74, 6) is 0.584. The lowest BCUT2D eigenvalue weighted by atomic mass is 10.0. The largest absolute Gasteiger partial charge is 0.489 e. The number of piperidine rings is 1. The molecule has 3 aromatic rings. The second kappa shape index (κ2) is 8.97. The number of hydrogen-bond acceptors (Lipinski definition) is 7. The molecule has 1 aliphatic heterocycles. The van der Waals surface area contributed by atoms with Gasteiger partial charge in [0.25, 0.3) is 0 Å². The summed E-state index contributed by atoms with van der Waals surface area (Å²) in [5, 5.41) is 22.7. The van der Waals surface area contributed by atoms with Gasteiger partial charge in [-0.2, -0.15) is 10.4 Å². The van der Waals surface area contributed by atoms with Crippen molar-refractivity contribution >= 4 is 11.6 Å². The molecule has 4 rings (SSSR count). The van der Waals surface area contributed by atoms with Crippen LogP contribution in [0.4, 0.5) is 4.79 Å². The van der Waals surface area contributed by atoms with E-state index >= 15 is 0 Å². The third-order valence-corrected chi connectivity index (χ3v) is 5.72. The van der Waals surface area contributed by atoms with Gasteiger partial charge in [-0.05, 0) is 60.5 Å². The maximum absolute atomic E-state index is 12.4. The van der Waals surface area contributed by atoms with Crippen molar-refractivity contribution in [1.29, 1.82) is 5.26 Å². The van der Waals surface area contributed by atoms with Gasteiger partial charge < -0.3 is 14.4 Å². The van der Waals surface area contributed by atoms with Crippen LogP contribution in [0.3, 0.4) is 0 Å². The highest BCUT2D eigenvalue weighted by atomic mass is 16.6. The number of nitrogens with zero attached hydrogens (tertiary/aromatic N) is 7. The highest BCUT2D eigenvalue weighted by molar-refractivity contribution is 5.74. The number of ether oxygens (including phenoxy) is 2. The third kappa shape index (κ3) is 4.69. The zero-order valence-corrected chi connectivity index (χ0v) is 20.6. The molecule has 4 heterocycles. The van der Waals surface area contributed by atoms with E-state index in [2.05, 4.69) is 21.5 Å². The van der Waals surface area contributed by atoms with Gasteiger partial charge in [-0.25, -0.2) is 14.0 Å². The molecular formula is C24H31N7O3. The maximum atomic E-state index is 12.4. The Balaban J connectivity index is 1.58. The smallest absolute Gasteiger partial charge is 0.410 e. The van der Waals surface area contributed by atoms with E-state index < -0.39 is 5.60 Å². The highest BCUT2D eigenvalue weighted by Crippen LogP contribution is 2.33. The second-order valence-corrected chi connectivity index (χ2v) is 9.89. The topological polar surface area (TPSA) is 111 Å². The Labute approximate surface area is 199 Å². The molecule has 0 aliphatic carbocycles. The standard InChI is InChI=1S/C24H31N7O3/c1-15(2)33-20-11-17(14-30-22(20)18(12-25)13-26-30)21-16(3)31(28-27-21)19-7-9-29(10-8-19)23(32)34-24(4,5)6/h11,13-15,19H,7-10H2,1-6H3. The second-order valence-electron chi connectivity index (χ2n) is 9.89. The lowest BCUT2D eigenvalue weighted by Crippen LogP contribution is -2.42. The summed E-state index contributed by atoms with van der Waals surface area (Å²) in [6.45, 7) is 12.7. The highest BCUT2D eigenvalue weighted by Gasteiger charge is 2.29.